The highest BCUT2D eigenvalue weighted by atomic mass is 79.9. The Morgan fingerprint density at radius 1 is 1.19 bits per heavy atom. The first-order chi connectivity index (χ1) is 10.2. The number of hydrogen-bond donors (Lipinski definition) is 1. The van der Waals surface area contributed by atoms with Gasteiger partial charge in [-0.3, -0.25) is 4.79 Å². The van der Waals surface area contributed by atoms with Gasteiger partial charge in [-0.25, -0.2) is 4.98 Å². The Morgan fingerprint density at radius 3 is 2.43 bits per heavy atom. The van der Waals surface area contributed by atoms with Gasteiger partial charge in [-0.2, -0.15) is 0 Å². The van der Waals surface area contributed by atoms with Crippen molar-refractivity contribution >= 4 is 33.2 Å². The largest absolute Gasteiger partial charge is 0.372 e. The molecule has 0 aliphatic heterocycles. The van der Waals surface area contributed by atoms with Gasteiger partial charge in [-0.05, 0) is 66.2 Å². The summed E-state index contributed by atoms with van der Waals surface area (Å²) in [6, 6.07) is 11.4. The fourth-order valence-electron chi connectivity index (χ4n) is 2.09. The smallest absolute Gasteiger partial charge is 0.275 e. The highest BCUT2D eigenvalue weighted by molar-refractivity contribution is 9.10. The van der Waals surface area contributed by atoms with Crippen molar-refractivity contribution < 1.29 is 4.79 Å². The molecule has 4 nitrogen and oxygen atoms in total. The van der Waals surface area contributed by atoms with Crippen molar-refractivity contribution in [3.63, 3.8) is 0 Å². The maximum atomic E-state index is 12.2. The lowest BCUT2D eigenvalue weighted by molar-refractivity contribution is 0.102. The van der Waals surface area contributed by atoms with Crippen LogP contribution in [0.5, 0.6) is 0 Å². The number of nitrogens with one attached hydrogen (secondary N) is 1. The minimum absolute atomic E-state index is 0.224. The van der Waals surface area contributed by atoms with Gasteiger partial charge in [0.2, 0.25) is 0 Å². The third-order valence-electron chi connectivity index (χ3n) is 3.23. The van der Waals surface area contributed by atoms with E-state index in [0.29, 0.717) is 10.2 Å². The summed E-state index contributed by atoms with van der Waals surface area (Å²) in [5, 5.41) is 2.85. The van der Waals surface area contributed by atoms with Crippen LogP contribution in [0, 0.1) is 0 Å². The highest BCUT2D eigenvalue weighted by Crippen LogP contribution is 2.19. The SMILES string of the molecule is CCN(CC)c1ccc(NC(=O)c2ncccc2Br)cc1. The number of benzene rings is 1. The van der Waals surface area contributed by atoms with Crippen molar-refractivity contribution in [2.24, 2.45) is 0 Å². The first kappa shape index (κ1) is 15.5. The fourth-order valence-corrected chi connectivity index (χ4v) is 2.52. The third-order valence-corrected chi connectivity index (χ3v) is 3.87. The number of nitrogens with zero attached hydrogens (tertiary/aromatic N) is 2. The number of hydrogen-bond acceptors (Lipinski definition) is 3. The maximum Gasteiger partial charge on any atom is 0.275 e. The van der Waals surface area contributed by atoms with E-state index in [9.17, 15) is 4.79 Å². The van der Waals surface area contributed by atoms with Crippen LogP contribution in [0.4, 0.5) is 11.4 Å². The minimum Gasteiger partial charge on any atom is -0.372 e. The highest BCUT2D eigenvalue weighted by Gasteiger charge is 2.11. The molecule has 0 atom stereocenters. The van der Waals surface area contributed by atoms with Crippen LogP contribution < -0.4 is 10.2 Å². The molecule has 1 amide bonds. The molecule has 0 radical (unpaired) electrons. The molecule has 1 N–H and O–H groups in total. The summed E-state index contributed by atoms with van der Waals surface area (Å²) in [6.07, 6.45) is 1.60. The molecule has 0 saturated carbocycles. The lowest BCUT2D eigenvalue weighted by Crippen LogP contribution is -2.21. The molecule has 2 rings (SSSR count). The molecule has 1 heterocycles. The van der Waals surface area contributed by atoms with Crippen LogP contribution in [0.1, 0.15) is 24.3 Å². The second-order valence-corrected chi connectivity index (χ2v) is 5.36. The van der Waals surface area contributed by atoms with Crippen molar-refractivity contribution in [3.8, 4) is 0 Å². The molecule has 0 bridgehead atoms. The molecule has 0 aliphatic rings. The van der Waals surface area contributed by atoms with E-state index in [1.54, 1.807) is 18.3 Å². The molecular formula is C16H18BrN3O. The Hall–Kier alpha value is -1.88. The Balaban J connectivity index is 2.10. The minimum atomic E-state index is -0.224. The van der Waals surface area contributed by atoms with Gasteiger partial charge in [-0.1, -0.05) is 0 Å². The Bertz CT molecular complexity index is 609. The first-order valence-electron chi connectivity index (χ1n) is 6.92. The molecule has 110 valence electrons. The summed E-state index contributed by atoms with van der Waals surface area (Å²) < 4.78 is 0.683. The summed E-state index contributed by atoms with van der Waals surface area (Å²) >= 11 is 3.33. The van der Waals surface area contributed by atoms with E-state index in [4.69, 9.17) is 0 Å². The number of halogens is 1. The van der Waals surface area contributed by atoms with Gasteiger partial charge in [0.05, 0.1) is 0 Å². The summed E-state index contributed by atoms with van der Waals surface area (Å²) in [5.74, 6) is -0.224. The molecule has 1 aromatic heterocycles. The number of carbonyl (C=O) groups excluding carboxylic acids is 1. The molecule has 1 aromatic carbocycles. The van der Waals surface area contributed by atoms with Crippen molar-refractivity contribution in [1.29, 1.82) is 0 Å². The third kappa shape index (κ3) is 3.82. The molecule has 0 spiro atoms. The number of pyridine rings is 1. The summed E-state index contributed by atoms with van der Waals surface area (Å²) in [6.45, 7) is 6.17. The quantitative estimate of drug-likeness (QED) is 0.890. The molecule has 21 heavy (non-hydrogen) atoms. The van der Waals surface area contributed by atoms with E-state index in [-0.39, 0.29) is 5.91 Å². The van der Waals surface area contributed by atoms with Crippen molar-refractivity contribution in [1.82, 2.24) is 4.98 Å². The predicted octanol–water partition coefficient (Wildman–Crippen LogP) is 3.94. The summed E-state index contributed by atoms with van der Waals surface area (Å²) in [5.41, 5.74) is 2.29. The first-order valence-corrected chi connectivity index (χ1v) is 7.71. The molecule has 0 unspecified atom stereocenters. The number of aromatic nitrogens is 1. The van der Waals surface area contributed by atoms with Gasteiger partial charge < -0.3 is 10.2 Å². The van der Waals surface area contributed by atoms with Gasteiger partial charge in [-0.15, -0.1) is 0 Å². The topological polar surface area (TPSA) is 45.2 Å². The number of rotatable bonds is 5. The Morgan fingerprint density at radius 2 is 1.86 bits per heavy atom. The molecule has 0 aliphatic carbocycles. The zero-order chi connectivity index (χ0) is 15.2. The van der Waals surface area contributed by atoms with Gasteiger partial charge in [0, 0.05) is 35.1 Å². The lowest BCUT2D eigenvalue weighted by Gasteiger charge is -2.21. The fraction of sp³-hybridized carbons (Fsp3) is 0.250. The maximum absolute atomic E-state index is 12.2. The molecule has 2 aromatic rings. The second kappa shape index (κ2) is 7.22. The Labute approximate surface area is 133 Å². The van der Waals surface area contributed by atoms with Gasteiger partial charge >= 0.3 is 0 Å². The predicted molar refractivity (Wildman–Crippen MR) is 89.9 cm³/mol. The van der Waals surface area contributed by atoms with Crippen molar-refractivity contribution in [3.05, 3.63) is 52.8 Å². The zero-order valence-corrected chi connectivity index (χ0v) is 13.7. The van der Waals surface area contributed by atoms with Crippen LogP contribution in [0.25, 0.3) is 0 Å². The summed E-state index contributed by atoms with van der Waals surface area (Å²) in [7, 11) is 0. The second-order valence-electron chi connectivity index (χ2n) is 4.51. The average Bonchev–Trinajstić information content (AvgIpc) is 2.50. The van der Waals surface area contributed by atoms with Gasteiger partial charge in [0.25, 0.3) is 5.91 Å². The van der Waals surface area contributed by atoms with E-state index < -0.39 is 0 Å². The summed E-state index contributed by atoms with van der Waals surface area (Å²) in [4.78, 5) is 18.5. The van der Waals surface area contributed by atoms with Gasteiger partial charge in [0.15, 0.2) is 0 Å². The zero-order valence-electron chi connectivity index (χ0n) is 12.1. The molecular weight excluding hydrogens is 330 g/mol. The van der Waals surface area contributed by atoms with Crippen LogP contribution in [0.2, 0.25) is 0 Å². The van der Waals surface area contributed by atoms with E-state index in [2.05, 4.69) is 45.0 Å². The van der Waals surface area contributed by atoms with E-state index in [1.807, 2.05) is 24.3 Å². The van der Waals surface area contributed by atoms with Crippen LogP contribution in [-0.2, 0) is 0 Å². The van der Waals surface area contributed by atoms with Crippen molar-refractivity contribution in [2.45, 2.75) is 13.8 Å². The molecule has 0 fully saturated rings. The standard InChI is InChI=1S/C16H18BrN3O/c1-3-20(4-2)13-9-7-12(8-10-13)19-16(21)15-14(17)6-5-11-18-15/h5-11H,3-4H2,1-2H3,(H,19,21). The average molecular weight is 348 g/mol. The van der Waals surface area contributed by atoms with Crippen LogP contribution in [-0.4, -0.2) is 24.0 Å². The monoisotopic (exact) mass is 347 g/mol. The number of carbonyl (C=O) groups is 1. The number of amides is 1. The van der Waals surface area contributed by atoms with E-state index in [1.165, 1.54) is 0 Å². The number of anilines is 2. The van der Waals surface area contributed by atoms with E-state index >= 15 is 0 Å². The Kier molecular flexibility index (Phi) is 5.33. The van der Waals surface area contributed by atoms with Crippen LogP contribution in [0.3, 0.4) is 0 Å². The molecule has 5 heteroatoms. The van der Waals surface area contributed by atoms with E-state index in [0.717, 1.165) is 24.5 Å². The van der Waals surface area contributed by atoms with Crippen molar-refractivity contribution in [2.75, 3.05) is 23.3 Å². The van der Waals surface area contributed by atoms with Gasteiger partial charge in [0.1, 0.15) is 5.69 Å². The van der Waals surface area contributed by atoms with Crippen LogP contribution in [0.15, 0.2) is 47.1 Å². The lowest BCUT2D eigenvalue weighted by atomic mass is 10.2. The normalized spacial score (nSPS) is 10.2. The molecule has 0 saturated heterocycles. The van der Waals surface area contributed by atoms with Crippen LogP contribution >= 0.6 is 15.9 Å².